The molecule has 1 heterocycles. The van der Waals surface area contributed by atoms with Crippen molar-refractivity contribution in [3.05, 3.63) is 41.1 Å². The monoisotopic (exact) mass is 394 g/mol. The molecule has 1 atom stereocenters. The number of hydrogen-bond donors (Lipinski definition) is 1. The second kappa shape index (κ2) is 10.8. The van der Waals surface area contributed by atoms with Crippen LogP contribution in [0.3, 0.4) is 0 Å². The van der Waals surface area contributed by atoms with Crippen LogP contribution in [0.15, 0.2) is 24.3 Å². The lowest BCUT2D eigenvalue weighted by Gasteiger charge is -2.19. The van der Waals surface area contributed by atoms with E-state index in [1.165, 1.54) is 0 Å². The Morgan fingerprint density at radius 3 is 2.31 bits per heavy atom. The lowest BCUT2D eigenvalue weighted by molar-refractivity contribution is 0.0932. The minimum absolute atomic E-state index is 0.0487. The van der Waals surface area contributed by atoms with Gasteiger partial charge in [0.2, 0.25) is 0 Å². The maximum absolute atomic E-state index is 13.1. The van der Waals surface area contributed by atoms with Crippen LogP contribution in [-0.4, -0.2) is 22.2 Å². The number of carbonyl (C=O) groups is 1. The van der Waals surface area contributed by atoms with E-state index in [0.29, 0.717) is 23.7 Å². The van der Waals surface area contributed by atoms with Crippen LogP contribution in [0.25, 0.3) is 11.3 Å². The molecule has 0 radical (unpaired) electrons. The smallest absolute Gasteiger partial charge is 0.269 e. The molecular formula is C24H34N4O. The number of nitrogens with one attached hydrogen (secondary N) is 1. The maximum Gasteiger partial charge on any atom is 0.269 e. The van der Waals surface area contributed by atoms with Gasteiger partial charge in [0.05, 0.1) is 23.4 Å². The molecule has 1 unspecified atom stereocenters. The summed E-state index contributed by atoms with van der Waals surface area (Å²) in [6.07, 6.45) is 5.11. The molecule has 5 heteroatoms. The largest absolute Gasteiger partial charge is 0.350 e. The summed E-state index contributed by atoms with van der Waals surface area (Å²) < 4.78 is 1.96. The Kier molecular flexibility index (Phi) is 8.45. The minimum atomic E-state index is -0.0487. The van der Waals surface area contributed by atoms with Crippen LogP contribution < -0.4 is 5.32 Å². The van der Waals surface area contributed by atoms with E-state index in [1.54, 1.807) is 12.1 Å². The number of hydrogen-bond acceptors (Lipinski definition) is 3. The Morgan fingerprint density at radius 1 is 1.17 bits per heavy atom. The zero-order valence-corrected chi connectivity index (χ0v) is 18.5. The van der Waals surface area contributed by atoms with Crippen LogP contribution >= 0.6 is 0 Å². The van der Waals surface area contributed by atoms with Gasteiger partial charge in [0.15, 0.2) is 0 Å². The van der Waals surface area contributed by atoms with Gasteiger partial charge in [0.1, 0.15) is 5.69 Å². The van der Waals surface area contributed by atoms with E-state index >= 15 is 0 Å². The third-order valence-corrected chi connectivity index (χ3v) is 5.55. The molecule has 0 spiro atoms. The Hall–Kier alpha value is -2.61. The second-order valence-corrected chi connectivity index (χ2v) is 7.91. The number of carbonyl (C=O) groups excluding carboxylic acids is 1. The summed E-state index contributed by atoms with van der Waals surface area (Å²) in [4.78, 5) is 13.1. The Bertz CT molecular complexity index is 839. The summed E-state index contributed by atoms with van der Waals surface area (Å²) in [5, 5.41) is 17.1. The fourth-order valence-electron chi connectivity index (χ4n) is 3.58. The van der Waals surface area contributed by atoms with Gasteiger partial charge in [-0.05, 0) is 37.8 Å². The number of rotatable bonds is 10. The van der Waals surface area contributed by atoms with E-state index in [9.17, 15) is 4.79 Å². The first-order chi connectivity index (χ1) is 14.0. The van der Waals surface area contributed by atoms with E-state index in [1.807, 2.05) is 23.7 Å². The molecule has 0 bridgehead atoms. The number of nitrogens with zero attached hydrogens (tertiary/aromatic N) is 3. The summed E-state index contributed by atoms with van der Waals surface area (Å²) >= 11 is 0. The zero-order valence-electron chi connectivity index (χ0n) is 18.5. The molecule has 0 aliphatic carbocycles. The van der Waals surface area contributed by atoms with Crippen molar-refractivity contribution in [1.82, 2.24) is 15.1 Å². The molecule has 156 valence electrons. The van der Waals surface area contributed by atoms with Crippen molar-refractivity contribution >= 4 is 5.91 Å². The topological polar surface area (TPSA) is 70.7 Å². The predicted molar refractivity (Wildman–Crippen MR) is 118 cm³/mol. The average molecular weight is 395 g/mol. The molecule has 0 saturated heterocycles. The molecule has 0 aliphatic heterocycles. The first-order valence-electron chi connectivity index (χ1n) is 10.8. The van der Waals surface area contributed by atoms with E-state index in [4.69, 9.17) is 10.4 Å². The van der Waals surface area contributed by atoms with Crippen molar-refractivity contribution in [2.24, 2.45) is 5.92 Å². The third kappa shape index (κ3) is 5.47. The van der Waals surface area contributed by atoms with Gasteiger partial charge in [-0.15, -0.1) is 0 Å². The van der Waals surface area contributed by atoms with Gasteiger partial charge in [-0.1, -0.05) is 59.1 Å². The number of benzene rings is 1. The number of amides is 1. The van der Waals surface area contributed by atoms with Crippen LogP contribution in [-0.2, 0) is 0 Å². The first-order valence-corrected chi connectivity index (χ1v) is 10.8. The summed E-state index contributed by atoms with van der Waals surface area (Å²) in [7, 11) is 0. The lowest BCUT2D eigenvalue weighted by Crippen LogP contribution is -2.31. The first kappa shape index (κ1) is 22.7. The fourth-order valence-corrected chi connectivity index (χ4v) is 3.58. The molecule has 1 amide bonds. The highest BCUT2D eigenvalue weighted by Crippen LogP contribution is 2.30. The molecule has 2 rings (SSSR count). The van der Waals surface area contributed by atoms with E-state index in [-0.39, 0.29) is 11.9 Å². The summed E-state index contributed by atoms with van der Waals surface area (Å²) in [6.45, 7) is 11.3. The SMILES string of the molecule is CCCC(CCC)n1nc(-c2ccc(C#N)cc2)c(C)c1C(=O)NCC(C)CC. The van der Waals surface area contributed by atoms with Crippen molar-refractivity contribution in [1.29, 1.82) is 5.26 Å². The normalized spacial score (nSPS) is 12.0. The van der Waals surface area contributed by atoms with Crippen molar-refractivity contribution in [3.63, 3.8) is 0 Å². The van der Waals surface area contributed by atoms with Gasteiger partial charge >= 0.3 is 0 Å². The Balaban J connectivity index is 2.50. The van der Waals surface area contributed by atoms with Crippen LogP contribution in [0.4, 0.5) is 0 Å². The molecule has 1 aromatic carbocycles. The Labute approximate surface area is 175 Å². The predicted octanol–water partition coefficient (Wildman–Crippen LogP) is 5.65. The van der Waals surface area contributed by atoms with Crippen molar-refractivity contribution in [2.45, 2.75) is 72.8 Å². The molecule has 2 aromatic rings. The second-order valence-electron chi connectivity index (χ2n) is 7.91. The molecule has 1 N–H and O–H groups in total. The molecule has 5 nitrogen and oxygen atoms in total. The fraction of sp³-hybridized carbons (Fsp3) is 0.542. The quantitative estimate of drug-likeness (QED) is 0.566. The molecule has 1 aromatic heterocycles. The number of nitriles is 1. The van der Waals surface area contributed by atoms with E-state index < -0.39 is 0 Å². The van der Waals surface area contributed by atoms with Crippen molar-refractivity contribution in [3.8, 4) is 17.3 Å². The molecule has 29 heavy (non-hydrogen) atoms. The minimum Gasteiger partial charge on any atom is -0.350 e. The average Bonchev–Trinajstić information content (AvgIpc) is 3.08. The highest BCUT2D eigenvalue weighted by atomic mass is 16.2. The van der Waals surface area contributed by atoms with E-state index in [0.717, 1.165) is 48.9 Å². The lowest BCUT2D eigenvalue weighted by atomic mass is 10.0. The number of aromatic nitrogens is 2. The maximum atomic E-state index is 13.1. The van der Waals surface area contributed by atoms with Gasteiger partial charge in [0, 0.05) is 17.7 Å². The summed E-state index contributed by atoms with van der Waals surface area (Å²) in [5.41, 5.74) is 3.93. The highest BCUT2D eigenvalue weighted by molar-refractivity contribution is 5.95. The van der Waals surface area contributed by atoms with Gasteiger partial charge in [-0.3, -0.25) is 9.48 Å². The van der Waals surface area contributed by atoms with Crippen LogP contribution in [0.2, 0.25) is 0 Å². The van der Waals surface area contributed by atoms with Crippen LogP contribution in [0.5, 0.6) is 0 Å². The van der Waals surface area contributed by atoms with Crippen molar-refractivity contribution in [2.75, 3.05) is 6.54 Å². The standard InChI is InChI=1S/C24H34N4O/c1-6-9-21(10-7-2)28-23(24(29)26-16-17(4)8-3)18(5)22(27-28)20-13-11-19(15-25)12-14-20/h11-14,17,21H,6-10,16H2,1-5H3,(H,26,29). The van der Waals surface area contributed by atoms with Gasteiger partial charge < -0.3 is 5.32 Å². The van der Waals surface area contributed by atoms with Crippen LogP contribution in [0, 0.1) is 24.2 Å². The van der Waals surface area contributed by atoms with Gasteiger partial charge in [-0.2, -0.15) is 10.4 Å². The molecule has 0 fully saturated rings. The van der Waals surface area contributed by atoms with Crippen LogP contribution in [0.1, 0.15) is 87.5 Å². The highest BCUT2D eigenvalue weighted by Gasteiger charge is 2.25. The van der Waals surface area contributed by atoms with Crippen molar-refractivity contribution < 1.29 is 4.79 Å². The molecule has 0 saturated carbocycles. The van der Waals surface area contributed by atoms with Gasteiger partial charge in [-0.25, -0.2) is 0 Å². The molecular weight excluding hydrogens is 360 g/mol. The van der Waals surface area contributed by atoms with E-state index in [2.05, 4.69) is 39.1 Å². The third-order valence-electron chi connectivity index (χ3n) is 5.55. The summed E-state index contributed by atoms with van der Waals surface area (Å²) in [6, 6.07) is 9.77. The zero-order chi connectivity index (χ0) is 21.4. The van der Waals surface area contributed by atoms with Gasteiger partial charge in [0.25, 0.3) is 5.91 Å². The Morgan fingerprint density at radius 2 is 1.79 bits per heavy atom. The summed E-state index contributed by atoms with van der Waals surface area (Å²) in [5.74, 6) is 0.392. The molecule has 0 aliphatic rings.